The normalized spacial score (nSPS) is 17.0. The molecular weight excluding hydrogens is 340 g/mol. The van der Waals surface area contributed by atoms with Crippen LogP contribution in [0.15, 0.2) is 60.8 Å². The fourth-order valence-corrected chi connectivity index (χ4v) is 3.36. The Hall–Kier alpha value is -2.76. The number of carbonyl (C=O) groups excluding carboxylic acids is 1. The van der Waals surface area contributed by atoms with Crippen LogP contribution in [0.1, 0.15) is 17.3 Å². The molecule has 1 aromatic heterocycles. The summed E-state index contributed by atoms with van der Waals surface area (Å²) in [5.41, 5.74) is 4.60. The smallest absolute Gasteiger partial charge is 0.160 e. The summed E-state index contributed by atoms with van der Waals surface area (Å²) in [4.78, 5) is 11.9. The number of aromatic nitrogens is 2. The van der Waals surface area contributed by atoms with Crippen molar-refractivity contribution in [1.29, 1.82) is 0 Å². The van der Waals surface area contributed by atoms with Crippen LogP contribution in [0.3, 0.4) is 0 Å². The Morgan fingerprint density at radius 2 is 1.96 bits per heavy atom. The van der Waals surface area contributed by atoms with Crippen LogP contribution < -0.4 is 0 Å². The van der Waals surface area contributed by atoms with E-state index in [1.54, 1.807) is 6.92 Å². The molecule has 3 aromatic rings. The molecule has 0 bridgehead atoms. The van der Waals surface area contributed by atoms with E-state index < -0.39 is 0 Å². The SMILES string of the molecule is CC(=O)c1ccccc1-c1cccc(-c2ccn(C[C@@H]3COCCO3)n2)c1. The van der Waals surface area contributed by atoms with Crippen molar-refractivity contribution in [2.75, 3.05) is 19.8 Å². The van der Waals surface area contributed by atoms with Gasteiger partial charge in [0.25, 0.3) is 0 Å². The zero-order valence-electron chi connectivity index (χ0n) is 15.3. The second-order valence-corrected chi connectivity index (χ2v) is 6.67. The predicted octanol–water partition coefficient (Wildman–Crippen LogP) is 3.84. The van der Waals surface area contributed by atoms with Crippen LogP contribution in [0.4, 0.5) is 0 Å². The maximum absolute atomic E-state index is 11.9. The van der Waals surface area contributed by atoms with Crippen LogP contribution in [-0.2, 0) is 16.0 Å². The monoisotopic (exact) mass is 362 g/mol. The van der Waals surface area contributed by atoms with Crippen LogP contribution in [0.5, 0.6) is 0 Å². The van der Waals surface area contributed by atoms with Gasteiger partial charge in [-0.3, -0.25) is 9.48 Å². The zero-order chi connectivity index (χ0) is 18.6. The van der Waals surface area contributed by atoms with Gasteiger partial charge in [0.05, 0.1) is 32.1 Å². The van der Waals surface area contributed by atoms with Gasteiger partial charge < -0.3 is 9.47 Å². The van der Waals surface area contributed by atoms with Crippen molar-refractivity contribution in [3.63, 3.8) is 0 Å². The van der Waals surface area contributed by atoms with E-state index >= 15 is 0 Å². The highest BCUT2D eigenvalue weighted by Crippen LogP contribution is 2.28. The molecule has 0 N–H and O–H groups in total. The standard InChI is InChI=1S/C22H22N2O3/c1-16(25)20-7-2-3-8-21(20)17-5-4-6-18(13-17)22-9-10-24(23-22)14-19-15-26-11-12-27-19/h2-10,13,19H,11-12,14-15H2,1H3/t19-/m1/s1. The van der Waals surface area contributed by atoms with Crippen molar-refractivity contribution < 1.29 is 14.3 Å². The van der Waals surface area contributed by atoms with Gasteiger partial charge in [-0.05, 0) is 30.2 Å². The minimum atomic E-state index is 0.0419. The molecule has 0 aliphatic carbocycles. The van der Waals surface area contributed by atoms with E-state index in [0.29, 0.717) is 26.4 Å². The second kappa shape index (κ2) is 7.86. The molecule has 2 heterocycles. The Morgan fingerprint density at radius 1 is 1.11 bits per heavy atom. The zero-order valence-corrected chi connectivity index (χ0v) is 15.3. The van der Waals surface area contributed by atoms with Gasteiger partial charge in [0.1, 0.15) is 6.10 Å². The fraction of sp³-hybridized carbons (Fsp3) is 0.273. The highest BCUT2D eigenvalue weighted by atomic mass is 16.6. The Morgan fingerprint density at radius 3 is 2.78 bits per heavy atom. The Bertz CT molecular complexity index is 942. The van der Waals surface area contributed by atoms with Gasteiger partial charge in [0.15, 0.2) is 5.78 Å². The molecule has 0 amide bonds. The third-order valence-electron chi connectivity index (χ3n) is 4.69. The number of rotatable bonds is 5. The third-order valence-corrected chi connectivity index (χ3v) is 4.69. The van der Waals surface area contributed by atoms with E-state index in [0.717, 1.165) is 27.9 Å². The molecule has 1 aliphatic heterocycles. The first-order chi connectivity index (χ1) is 13.2. The number of hydrogen-bond donors (Lipinski definition) is 0. The van der Waals surface area contributed by atoms with E-state index in [1.807, 2.05) is 59.4 Å². The van der Waals surface area contributed by atoms with E-state index in [2.05, 4.69) is 11.2 Å². The quantitative estimate of drug-likeness (QED) is 0.647. The number of carbonyl (C=O) groups is 1. The molecule has 0 radical (unpaired) electrons. The van der Waals surface area contributed by atoms with E-state index in [1.165, 1.54) is 0 Å². The summed E-state index contributed by atoms with van der Waals surface area (Å²) in [6, 6.07) is 17.8. The average molecular weight is 362 g/mol. The molecule has 5 heteroatoms. The molecule has 138 valence electrons. The third kappa shape index (κ3) is 3.99. The van der Waals surface area contributed by atoms with E-state index in [9.17, 15) is 4.79 Å². The van der Waals surface area contributed by atoms with Crippen LogP contribution >= 0.6 is 0 Å². The van der Waals surface area contributed by atoms with Crippen molar-refractivity contribution >= 4 is 5.78 Å². The van der Waals surface area contributed by atoms with Crippen LogP contribution in [0.2, 0.25) is 0 Å². The maximum Gasteiger partial charge on any atom is 0.160 e. The summed E-state index contributed by atoms with van der Waals surface area (Å²) in [5.74, 6) is 0.0648. The molecule has 1 saturated heterocycles. The lowest BCUT2D eigenvalue weighted by Crippen LogP contribution is -2.32. The van der Waals surface area contributed by atoms with Gasteiger partial charge in [-0.15, -0.1) is 0 Å². The Balaban J connectivity index is 1.59. The van der Waals surface area contributed by atoms with Crippen LogP contribution in [0, 0.1) is 0 Å². The molecule has 1 atom stereocenters. The molecule has 0 unspecified atom stereocenters. The lowest BCUT2D eigenvalue weighted by Gasteiger charge is -2.22. The van der Waals surface area contributed by atoms with Crippen LogP contribution in [-0.4, -0.2) is 41.5 Å². The van der Waals surface area contributed by atoms with Crippen molar-refractivity contribution in [1.82, 2.24) is 9.78 Å². The van der Waals surface area contributed by atoms with Crippen molar-refractivity contribution in [2.45, 2.75) is 19.6 Å². The van der Waals surface area contributed by atoms with Gasteiger partial charge in [-0.1, -0.05) is 42.5 Å². The predicted molar refractivity (Wildman–Crippen MR) is 104 cm³/mol. The van der Waals surface area contributed by atoms with E-state index in [-0.39, 0.29) is 11.9 Å². The molecule has 4 rings (SSSR count). The first kappa shape index (κ1) is 17.6. The molecule has 1 aliphatic rings. The lowest BCUT2D eigenvalue weighted by atomic mass is 9.96. The number of Topliss-reactive ketones (excluding diaryl/α,β-unsaturated/α-hetero) is 1. The van der Waals surface area contributed by atoms with Gasteiger partial charge in [-0.25, -0.2) is 0 Å². The molecule has 0 saturated carbocycles. The number of benzene rings is 2. The average Bonchev–Trinajstić information content (AvgIpc) is 3.17. The summed E-state index contributed by atoms with van der Waals surface area (Å²) < 4.78 is 13.0. The molecule has 1 fully saturated rings. The number of ether oxygens (including phenoxy) is 2. The lowest BCUT2D eigenvalue weighted by molar-refractivity contribution is -0.0946. The largest absolute Gasteiger partial charge is 0.376 e. The molecule has 5 nitrogen and oxygen atoms in total. The first-order valence-corrected chi connectivity index (χ1v) is 9.14. The Kier molecular flexibility index (Phi) is 5.14. The molecule has 2 aromatic carbocycles. The van der Waals surface area contributed by atoms with Crippen molar-refractivity contribution in [3.05, 3.63) is 66.4 Å². The minimum absolute atomic E-state index is 0.0419. The number of nitrogens with zero attached hydrogens (tertiary/aromatic N) is 2. The summed E-state index contributed by atoms with van der Waals surface area (Å²) in [6.07, 6.45) is 2.00. The van der Waals surface area contributed by atoms with Crippen molar-refractivity contribution in [2.24, 2.45) is 0 Å². The van der Waals surface area contributed by atoms with Gasteiger partial charge >= 0.3 is 0 Å². The topological polar surface area (TPSA) is 53.4 Å². The number of ketones is 1. The van der Waals surface area contributed by atoms with Gasteiger partial charge in [0.2, 0.25) is 0 Å². The summed E-state index contributed by atoms with van der Waals surface area (Å²) in [6.45, 7) is 4.17. The summed E-state index contributed by atoms with van der Waals surface area (Å²) in [5, 5.41) is 4.68. The van der Waals surface area contributed by atoms with Gasteiger partial charge in [-0.2, -0.15) is 5.10 Å². The summed E-state index contributed by atoms with van der Waals surface area (Å²) in [7, 11) is 0. The van der Waals surface area contributed by atoms with Crippen LogP contribution in [0.25, 0.3) is 22.4 Å². The second-order valence-electron chi connectivity index (χ2n) is 6.67. The van der Waals surface area contributed by atoms with E-state index in [4.69, 9.17) is 9.47 Å². The Labute approximate surface area is 158 Å². The molecule has 27 heavy (non-hydrogen) atoms. The fourth-order valence-electron chi connectivity index (χ4n) is 3.36. The first-order valence-electron chi connectivity index (χ1n) is 9.14. The number of hydrogen-bond acceptors (Lipinski definition) is 4. The highest BCUT2D eigenvalue weighted by molar-refractivity contribution is 6.01. The molecular formula is C22H22N2O3. The molecule has 0 spiro atoms. The maximum atomic E-state index is 11.9. The van der Waals surface area contributed by atoms with Crippen molar-refractivity contribution in [3.8, 4) is 22.4 Å². The minimum Gasteiger partial charge on any atom is -0.376 e. The highest BCUT2D eigenvalue weighted by Gasteiger charge is 2.16. The van der Waals surface area contributed by atoms with Gasteiger partial charge in [0, 0.05) is 17.3 Å². The summed E-state index contributed by atoms with van der Waals surface area (Å²) >= 11 is 0.